The molecular weight excluding hydrogens is 324 g/mol. The predicted molar refractivity (Wildman–Crippen MR) is 106 cm³/mol. The minimum absolute atomic E-state index is 0.807. The molecule has 1 saturated heterocycles. The summed E-state index contributed by atoms with van der Waals surface area (Å²) in [7, 11) is 4.10. The SMILES string of the molecule is CCc1ccccn1.CNCc1cn2c(N3CCN(C)C3)cccc2n1. The summed E-state index contributed by atoms with van der Waals surface area (Å²) in [5.74, 6) is 1.23. The average molecular weight is 352 g/mol. The Morgan fingerprint density at radius 1 is 1.08 bits per heavy atom. The molecule has 0 bridgehead atoms. The molecule has 6 heteroatoms. The van der Waals surface area contributed by atoms with Gasteiger partial charge in [0.25, 0.3) is 0 Å². The fourth-order valence-electron chi connectivity index (χ4n) is 3.09. The van der Waals surface area contributed by atoms with Gasteiger partial charge in [0.2, 0.25) is 0 Å². The van der Waals surface area contributed by atoms with Gasteiger partial charge < -0.3 is 10.2 Å². The van der Waals surface area contributed by atoms with Crippen molar-refractivity contribution in [2.45, 2.75) is 19.9 Å². The zero-order chi connectivity index (χ0) is 18.4. The van der Waals surface area contributed by atoms with E-state index in [1.807, 2.05) is 31.4 Å². The summed E-state index contributed by atoms with van der Waals surface area (Å²) in [5.41, 5.74) is 3.26. The highest BCUT2D eigenvalue weighted by atomic mass is 15.4. The number of hydrogen-bond donors (Lipinski definition) is 1. The number of pyridine rings is 2. The number of imidazole rings is 1. The Balaban J connectivity index is 0.000000206. The number of likely N-dealkylation sites (N-methyl/N-ethyl adjacent to an activating group) is 1. The third-order valence-corrected chi connectivity index (χ3v) is 4.45. The van der Waals surface area contributed by atoms with Gasteiger partial charge in [-0.1, -0.05) is 19.1 Å². The van der Waals surface area contributed by atoms with Crippen LogP contribution in [0.3, 0.4) is 0 Å². The lowest BCUT2D eigenvalue weighted by molar-refractivity contribution is 0.420. The fourth-order valence-corrected chi connectivity index (χ4v) is 3.09. The normalized spacial score (nSPS) is 14.5. The largest absolute Gasteiger partial charge is 0.343 e. The van der Waals surface area contributed by atoms with Crippen LogP contribution in [0, 0.1) is 0 Å². The molecule has 1 aliphatic heterocycles. The summed E-state index contributed by atoms with van der Waals surface area (Å²) < 4.78 is 2.19. The van der Waals surface area contributed by atoms with Crippen molar-refractivity contribution in [3.8, 4) is 0 Å². The first kappa shape index (κ1) is 18.4. The molecule has 1 fully saturated rings. The van der Waals surface area contributed by atoms with E-state index in [2.05, 4.69) is 67.9 Å². The van der Waals surface area contributed by atoms with Gasteiger partial charge in [-0.2, -0.15) is 0 Å². The fraction of sp³-hybridized carbons (Fsp3) is 0.400. The number of aryl methyl sites for hydroxylation is 1. The topological polar surface area (TPSA) is 48.7 Å². The highest BCUT2D eigenvalue weighted by Gasteiger charge is 2.19. The van der Waals surface area contributed by atoms with Gasteiger partial charge in [0, 0.05) is 37.7 Å². The molecule has 3 aromatic rings. The zero-order valence-electron chi connectivity index (χ0n) is 15.9. The first-order valence-corrected chi connectivity index (χ1v) is 9.16. The third-order valence-electron chi connectivity index (χ3n) is 4.45. The second-order valence-electron chi connectivity index (χ2n) is 6.53. The van der Waals surface area contributed by atoms with Crippen molar-refractivity contribution >= 4 is 11.5 Å². The summed E-state index contributed by atoms with van der Waals surface area (Å²) in [4.78, 5) is 13.4. The minimum Gasteiger partial charge on any atom is -0.343 e. The van der Waals surface area contributed by atoms with Crippen LogP contribution in [0.5, 0.6) is 0 Å². The lowest BCUT2D eigenvalue weighted by Gasteiger charge is -2.19. The van der Waals surface area contributed by atoms with Crippen LogP contribution in [0.1, 0.15) is 18.3 Å². The van der Waals surface area contributed by atoms with Gasteiger partial charge in [0.15, 0.2) is 0 Å². The van der Waals surface area contributed by atoms with Crippen molar-refractivity contribution in [1.82, 2.24) is 24.6 Å². The predicted octanol–water partition coefficient (Wildman–Crippen LogP) is 2.41. The van der Waals surface area contributed by atoms with Gasteiger partial charge >= 0.3 is 0 Å². The number of anilines is 1. The molecule has 0 amide bonds. The second-order valence-corrected chi connectivity index (χ2v) is 6.53. The summed E-state index contributed by atoms with van der Waals surface area (Å²) in [6, 6.07) is 12.3. The molecule has 0 aromatic carbocycles. The molecule has 0 spiro atoms. The molecule has 138 valence electrons. The van der Waals surface area contributed by atoms with Crippen LogP contribution in [-0.2, 0) is 13.0 Å². The molecule has 1 aliphatic rings. The molecule has 6 nitrogen and oxygen atoms in total. The quantitative estimate of drug-likeness (QED) is 0.781. The average Bonchev–Trinajstić information content (AvgIpc) is 3.28. The summed E-state index contributed by atoms with van der Waals surface area (Å²) >= 11 is 0. The first-order chi connectivity index (χ1) is 12.7. The molecule has 0 aliphatic carbocycles. The van der Waals surface area contributed by atoms with Crippen molar-refractivity contribution in [2.75, 3.05) is 38.8 Å². The summed E-state index contributed by atoms with van der Waals surface area (Å²) in [6.45, 7) is 6.09. The lowest BCUT2D eigenvalue weighted by atomic mass is 10.3. The Morgan fingerprint density at radius 2 is 1.96 bits per heavy atom. The van der Waals surface area contributed by atoms with E-state index in [9.17, 15) is 0 Å². The van der Waals surface area contributed by atoms with Crippen molar-refractivity contribution in [2.24, 2.45) is 0 Å². The highest BCUT2D eigenvalue weighted by Crippen LogP contribution is 2.20. The second kappa shape index (κ2) is 8.78. The number of aromatic nitrogens is 3. The molecule has 26 heavy (non-hydrogen) atoms. The maximum atomic E-state index is 4.61. The van der Waals surface area contributed by atoms with Crippen LogP contribution in [0.25, 0.3) is 5.65 Å². The van der Waals surface area contributed by atoms with E-state index in [1.54, 1.807) is 0 Å². The van der Waals surface area contributed by atoms with E-state index >= 15 is 0 Å². The molecule has 4 heterocycles. The van der Waals surface area contributed by atoms with Crippen LogP contribution < -0.4 is 10.2 Å². The monoisotopic (exact) mass is 352 g/mol. The Bertz CT molecular complexity index is 814. The maximum absolute atomic E-state index is 4.61. The van der Waals surface area contributed by atoms with Crippen molar-refractivity contribution in [1.29, 1.82) is 0 Å². The lowest BCUT2D eigenvalue weighted by Crippen LogP contribution is -2.24. The Kier molecular flexibility index (Phi) is 6.20. The molecule has 1 N–H and O–H groups in total. The van der Waals surface area contributed by atoms with E-state index in [-0.39, 0.29) is 0 Å². The van der Waals surface area contributed by atoms with Gasteiger partial charge in [-0.15, -0.1) is 0 Å². The van der Waals surface area contributed by atoms with E-state index < -0.39 is 0 Å². The van der Waals surface area contributed by atoms with Crippen molar-refractivity contribution in [3.05, 3.63) is 60.2 Å². The molecule has 0 unspecified atom stereocenters. The summed E-state index contributed by atoms with van der Waals surface area (Å²) in [5, 5.41) is 3.14. The van der Waals surface area contributed by atoms with Crippen molar-refractivity contribution < 1.29 is 0 Å². The molecule has 3 aromatic heterocycles. The van der Waals surface area contributed by atoms with Crippen LogP contribution >= 0.6 is 0 Å². The zero-order valence-corrected chi connectivity index (χ0v) is 15.9. The minimum atomic E-state index is 0.807. The Morgan fingerprint density at radius 3 is 2.58 bits per heavy atom. The smallest absolute Gasteiger partial charge is 0.138 e. The molecule has 4 rings (SSSR count). The molecule has 0 saturated carbocycles. The van der Waals surface area contributed by atoms with Crippen LogP contribution in [0.2, 0.25) is 0 Å². The number of hydrogen-bond acceptors (Lipinski definition) is 5. The van der Waals surface area contributed by atoms with E-state index in [4.69, 9.17) is 0 Å². The third kappa shape index (κ3) is 4.39. The van der Waals surface area contributed by atoms with Gasteiger partial charge in [-0.05, 0) is 44.8 Å². The van der Waals surface area contributed by atoms with Crippen LogP contribution in [-0.4, -0.2) is 53.1 Å². The number of fused-ring (bicyclic) bond motifs is 1. The molecular formula is C20H28N6. The Labute approximate surface area is 155 Å². The number of nitrogens with zero attached hydrogens (tertiary/aromatic N) is 5. The van der Waals surface area contributed by atoms with Gasteiger partial charge in [0.05, 0.1) is 12.4 Å². The van der Waals surface area contributed by atoms with Crippen LogP contribution in [0.4, 0.5) is 5.82 Å². The Hall–Kier alpha value is -2.44. The highest BCUT2D eigenvalue weighted by molar-refractivity contribution is 5.53. The molecule has 0 radical (unpaired) electrons. The summed E-state index contributed by atoms with van der Waals surface area (Å²) in [6.07, 6.45) is 4.97. The van der Waals surface area contributed by atoms with Gasteiger partial charge in [-0.3, -0.25) is 14.3 Å². The number of nitrogens with one attached hydrogen (secondary N) is 1. The molecule has 0 atom stereocenters. The van der Waals surface area contributed by atoms with Gasteiger partial charge in [-0.25, -0.2) is 4.98 Å². The van der Waals surface area contributed by atoms with Gasteiger partial charge in [0.1, 0.15) is 11.5 Å². The van der Waals surface area contributed by atoms with E-state index in [1.165, 1.54) is 5.82 Å². The van der Waals surface area contributed by atoms with Crippen LogP contribution in [0.15, 0.2) is 48.8 Å². The first-order valence-electron chi connectivity index (χ1n) is 9.16. The standard InChI is InChI=1S/C13H19N5.C7H9N/c1-14-8-11-9-18-12(15-11)4-3-5-13(18)17-7-6-16(2)10-17;1-2-7-5-3-4-6-8-7/h3-5,9,14H,6-8,10H2,1-2H3;3-6H,2H2,1H3. The number of rotatable bonds is 4. The van der Waals surface area contributed by atoms with E-state index in [0.29, 0.717) is 0 Å². The maximum Gasteiger partial charge on any atom is 0.138 e. The van der Waals surface area contributed by atoms with E-state index in [0.717, 1.165) is 49.8 Å². The van der Waals surface area contributed by atoms with Crippen molar-refractivity contribution in [3.63, 3.8) is 0 Å².